The molecule has 0 saturated heterocycles. The maximum absolute atomic E-state index is 14.0. The molecule has 0 bridgehead atoms. The van der Waals surface area contributed by atoms with Crippen molar-refractivity contribution in [3.63, 3.8) is 0 Å². The molecule has 3 aromatic rings. The van der Waals surface area contributed by atoms with E-state index in [1.165, 1.54) is 20.3 Å². The summed E-state index contributed by atoms with van der Waals surface area (Å²) < 4.78 is 35.7. The number of unbranched alkanes of at least 4 members (excludes halogenated alkanes) is 8. The van der Waals surface area contributed by atoms with E-state index in [1.807, 2.05) is 0 Å². The Morgan fingerprint density at radius 3 is 0.919 bits per heavy atom. The Morgan fingerprint density at radius 1 is 0.360 bits per heavy atom. The van der Waals surface area contributed by atoms with Crippen LogP contribution in [0.1, 0.15) is 170 Å². The van der Waals surface area contributed by atoms with Crippen molar-refractivity contribution in [2.75, 3.05) is 66.8 Å². The summed E-state index contributed by atoms with van der Waals surface area (Å²) >= 11 is 0. The van der Waals surface area contributed by atoms with Gasteiger partial charge >= 0.3 is 0 Å². The van der Waals surface area contributed by atoms with Gasteiger partial charge in [0.2, 0.25) is 0 Å². The summed E-state index contributed by atoms with van der Waals surface area (Å²) in [4.78, 5) is 71.9. The van der Waals surface area contributed by atoms with Crippen LogP contribution in [0.15, 0.2) is 68.5 Å². The first kappa shape index (κ1) is 68.2. The monoisotopic (exact) mass is 1200 g/mol. The molecule has 2 saturated carbocycles. The Bertz CT molecular complexity index is 2550. The Hall–Kier alpha value is -8.58. The van der Waals surface area contributed by atoms with Crippen LogP contribution in [0, 0.1) is 0 Å². The molecule has 26 nitrogen and oxygen atoms in total. The summed E-state index contributed by atoms with van der Waals surface area (Å²) in [6.07, 6.45) is 14.5. The summed E-state index contributed by atoms with van der Waals surface area (Å²) in [6, 6.07) is 12.8. The molecular formula is C60H94N16O10. The fraction of sp³-hybridized carbons (Fsp3) is 0.567. The molecule has 0 unspecified atom stereocenters. The standard InChI is InChI=1S/C60H94N16O10/c1-81-49-38-50(82-2)48(56(80)76-42-21-17-40(18-22-42)74-54(78)46-26-24-44(84-32-12-4-8-28-70-58(63)64)36-52(46)86-34-14-6-10-30-72-60(67)68)37-47(49)55(79)75-41-19-15-39(16-20-41)73-53(77)45-25-23-43(83-31-11-3-7-27-69-57(61)62)35-51(45)85-33-13-5-9-29-71-59(65)66/h23-26,35-42H,3-22,27-34H2,1-2H3,(H,73,77)(H,74,78)(H,75,79)(H,76,80)(H4,61,62,69)(H4,63,64,70)(H4,65,66,71)(H4,67,68,72). The predicted molar refractivity (Wildman–Crippen MR) is 334 cm³/mol. The lowest BCUT2D eigenvalue weighted by atomic mass is 9.90. The average Bonchev–Trinajstić information content (AvgIpc) is 1.70. The number of methoxy groups -OCH3 is 2. The molecule has 86 heavy (non-hydrogen) atoms. The second kappa shape index (κ2) is 37.7. The number of rotatable bonds is 38. The van der Waals surface area contributed by atoms with Gasteiger partial charge in [0.1, 0.15) is 34.5 Å². The highest BCUT2D eigenvalue weighted by Crippen LogP contribution is 2.32. The van der Waals surface area contributed by atoms with Gasteiger partial charge in [-0.05, 0) is 159 Å². The molecule has 0 aromatic heterocycles. The molecule has 4 amide bonds. The van der Waals surface area contributed by atoms with Crippen LogP contribution in [0.3, 0.4) is 0 Å². The van der Waals surface area contributed by atoms with Gasteiger partial charge in [-0.15, -0.1) is 0 Å². The van der Waals surface area contributed by atoms with E-state index >= 15 is 0 Å². The minimum absolute atomic E-state index is 0.0571. The summed E-state index contributed by atoms with van der Waals surface area (Å²) in [5, 5.41) is 12.6. The highest BCUT2D eigenvalue weighted by atomic mass is 16.5. The number of nitrogens with zero attached hydrogens (tertiary/aromatic N) is 4. The third kappa shape index (κ3) is 24.9. The lowest BCUT2D eigenvalue weighted by molar-refractivity contribution is 0.0883. The summed E-state index contributed by atoms with van der Waals surface area (Å²) in [5.74, 6) is 1.40. The first-order chi connectivity index (χ1) is 41.5. The molecule has 2 aliphatic rings. The van der Waals surface area contributed by atoms with Gasteiger partial charge < -0.3 is 95.6 Å². The Labute approximate surface area is 505 Å². The quantitative estimate of drug-likeness (QED) is 0.0220. The maximum Gasteiger partial charge on any atom is 0.255 e. The number of benzene rings is 3. The Kier molecular flexibility index (Phi) is 29.9. The number of amides is 4. The van der Waals surface area contributed by atoms with E-state index in [9.17, 15) is 19.2 Å². The molecule has 3 aromatic carbocycles. The van der Waals surface area contributed by atoms with Gasteiger partial charge in [-0.3, -0.25) is 39.1 Å². The second-order valence-corrected chi connectivity index (χ2v) is 21.4. The van der Waals surface area contributed by atoms with Crippen molar-refractivity contribution in [1.29, 1.82) is 0 Å². The second-order valence-electron chi connectivity index (χ2n) is 21.4. The molecule has 0 heterocycles. The van der Waals surface area contributed by atoms with Gasteiger partial charge in [-0.2, -0.15) is 0 Å². The van der Waals surface area contributed by atoms with Crippen molar-refractivity contribution >= 4 is 47.5 Å². The number of nitrogens with two attached hydrogens (primary N) is 8. The molecule has 474 valence electrons. The van der Waals surface area contributed by atoms with Crippen LogP contribution in [0.2, 0.25) is 0 Å². The van der Waals surface area contributed by atoms with E-state index in [-0.39, 0.29) is 82.4 Å². The van der Waals surface area contributed by atoms with E-state index in [4.69, 9.17) is 74.3 Å². The normalized spacial score (nSPS) is 16.2. The van der Waals surface area contributed by atoms with Crippen molar-refractivity contribution in [1.82, 2.24) is 21.3 Å². The molecular weight excluding hydrogens is 1100 g/mol. The summed E-state index contributed by atoms with van der Waals surface area (Å²) in [7, 11) is 2.90. The average molecular weight is 1200 g/mol. The first-order valence-corrected chi connectivity index (χ1v) is 30.0. The van der Waals surface area contributed by atoms with E-state index in [2.05, 4.69) is 41.2 Å². The number of hydrogen-bond donors (Lipinski definition) is 12. The zero-order valence-electron chi connectivity index (χ0n) is 50.2. The largest absolute Gasteiger partial charge is 0.496 e. The van der Waals surface area contributed by atoms with Crippen LogP contribution < -0.4 is 95.6 Å². The third-order valence-corrected chi connectivity index (χ3v) is 14.6. The molecule has 26 heteroatoms. The first-order valence-electron chi connectivity index (χ1n) is 30.0. The SMILES string of the molecule is COc1cc(OC)c(C(=O)NC2CCC(NC(=O)c3ccc(OCCCCCN=C(N)N)cc3OCCCCCN=C(N)N)CC2)cc1C(=O)NC1CCC(NC(=O)c2ccc(OCCCCCN=C(N)N)cc2OCCCCCN=C(N)N)CC1. The molecule has 5 rings (SSSR count). The molecule has 2 fully saturated rings. The molecule has 0 atom stereocenters. The van der Waals surface area contributed by atoms with Gasteiger partial charge in [-0.1, -0.05) is 0 Å². The van der Waals surface area contributed by atoms with Crippen molar-refractivity contribution in [2.45, 2.75) is 153 Å². The predicted octanol–water partition coefficient (Wildman–Crippen LogP) is 3.94. The van der Waals surface area contributed by atoms with Crippen LogP contribution in [0.25, 0.3) is 0 Å². The maximum atomic E-state index is 14.0. The summed E-state index contributed by atoms with van der Waals surface area (Å²) in [6.45, 7) is 3.86. The number of guanidine groups is 4. The number of hydrogen-bond acceptors (Lipinski definition) is 14. The minimum atomic E-state index is -0.406. The zero-order valence-corrected chi connectivity index (χ0v) is 50.2. The van der Waals surface area contributed by atoms with Gasteiger partial charge in [0, 0.05) is 68.5 Å². The van der Waals surface area contributed by atoms with E-state index in [1.54, 1.807) is 42.5 Å². The van der Waals surface area contributed by atoms with E-state index < -0.39 is 11.8 Å². The van der Waals surface area contributed by atoms with Crippen molar-refractivity contribution < 1.29 is 47.6 Å². The van der Waals surface area contributed by atoms with Crippen LogP contribution in [-0.4, -0.2) is 138 Å². The fourth-order valence-corrected chi connectivity index (χ4v) is 10.0. The number of carbonyl (C=O) groups is 4. The molecule has 0 radical (unpaired) electrons. The zero-order chi connectivity index (χ0) is 62.1. The van der Waals surface area contributed by atoms with Crippen LogP contribution in [0.5, 0.6) is 34.5 Å². The minimum Gasteiger partial charge on any atom is -0.496 e. The van der Waals surface area contributed by atoms with Gasteiger partial charge in [0.05, 0.1) is 62.9 Å². The van der Waals surface area contributed by atoms with Crippen molar-refractivity contribution in [2.24, 2.45) is 65.8 Å². The number of nitrogens with one attached hydrogen (secondary N) is 4. The lowest BCUT2D eigenvalue weighted by Crippen LogP contribution is -2.44. The molecule has 20 N–H and O–H groups in total. The highest BCUT2D eigenvalue weighted by Gasteiger charge is 2.30. The van der Waals surface area contributed by atoms with Crippen LogP contribution in [0.4, 0.5) is 0 Å². The fourth-order valence-electron chi connectivity index (χ4n) is 10.0. The molecule has 0 aliphatic heterocycles. The van der Waals surface area contributed by atoms with Crippen molar-refractivity contribution in [3.05, 3.63) is 70.8 Å². The highest BCUT2D eigenvalue weighted by molar-refractivity contribution is 6.03. The summed E-state index contributed by atoms with van der Waals surface area (Å²) in [5.41, 5.74) is 44.6. The Morgan fingerprint density at radius 2 is 0.640 bits per heavy atom. The third-order valence-electron chi connectivity index (χ3n) is 14.6. The van der Waals surface area contributed by atoms with Gasteiger partial charge in [-0.25, -0.2) is 0 Å². The smallest absolute Gasteiger partial charge is 0.255 e. The van der Waals surface area contributed by atoms with E-state index in [0.29, 0.717) is 138 Å². The van der Waals surface area contributed by atoms with Crippen LogP contribution >= 0.6 is 0 Å². The number of aliphatic imine (C=N–C) groups is 4. The number of carbonyl (C=O) groups excluding carboxylic acids is 4. The van der Waals surface area contributed by atoms with Crippen LogP contribution in [-0.2, 0) is 0 Å². The molecule has 0 spiro atoms. The van der Waals surface area contributed by atoms with Gasteiger partial charge in [0.15, 0.2) is 23.8 Å². The Balaban J connectivity index is 1.13. The number of ether oxygens (including phenoxy) is 6. The molecule has 2 aliphatic carbocycles. The van der Waals surface area contributed by atoms with Crippen molar-refractivity contribution in [3.8, 4) is 34.5 Å². The topological polar surface area (TPSA) is 429 Å². The van der Waals surface area contributed by atoms with E-state index in [0.717, 1.165) is 77.0 Å². The van der Waals surface area contributed by atoms with Gasteiger partial charge in [0.25, 0.3) is 23.6 Å². The lowest BCUT2D eigenvalue weighted by Gasteiger charge is -2.30.